The first kappa shape index (κ1) is 13.1. The van der Waals surface area contributed by atoms with Crippen molar-refractivity contribution in [2.45, 2.75) is 27.3 Å². The maximum absolute atomic E-state index is 11.9. The van der Waals surface area contributed by atoms with Crippen LogP contribution in [0.4, 0.5) is 0 Å². The summed E-state index contributed by atoms with van der Waals surface area (Å²) in [6.45, 7) is 5.30. The topological polar surface area (TPSA) is 85.3 Å². The molecule has 0 spiro atoms. The Kier molecular flexibility index (Phi) is 3.25. The van der Waals surface area contributed by atoms with Crippen LogP contribution in [0.1, 0.15) is 33.4 Å². The number of aryl methyl sites for hydroxylation is 3. The van der Waals surface area contributed by atoms with Crippen molar-refractivity contribution in [1.82, 2.24) is 9.55 Å². The maximum Gasteiger partial charge on any atom is 0.372 e. The number of aromatic nitrogens is 2. The van der Waals surface area contributed by atoms with Gasteiger partial charge in [-0.2, -0.15) is 0 Å². The van der Waals surface area contributed by atoms with E-state index in [-0.39, 0.29) is 17.9 Å². The van der Waals surface area contributed by atoms with Crippen molar-refractivity contribution in [2.24, 2.45) is 0 Å². The summed E-state index contributed by atoms with van der Waals surface area (Å²) in [6, 6.07) is 3.05. The second-order valence-corrected chi connectivity index (χ2v) is 4.40. The molecule has 2 aromatic heterocycles. The molecule has 6 nitrogen and oxygen atoms in total. The molecule has 19 heavy (non-hydrogen) atoms. The Bertz CT molecular complexity index is 697. The van der Waals surface area contributed by atoms with Crippen LogP contribution >= 0.6 is 0 Å². The SMILES string of the molecule is Cc1cc(=O)n(Cc2cc(C)c(C(=O)O)o2)c(C)n1. The Morgan fingerprint density at radius 1 is 1.37 bits per heavy atom. The Morgan fingerprint density at radius 3 is 2.58 bits per heavy atom. The number of carboxylic acids is 1. The lowest BCUT2D eigenvalue weighted by Crippen LogP contribution is -2.23. The molecule has 100 valence electrons. The zero-order valence-corrected chi connectivity index (χ0v) is 10.9. The summed E-state index contributed by atoms with van der Waals surface area (Å²) >= 11 is 0. The summed E-state index contributed by atoms with van der Waals surface area (Å²) in [5.41, 5.74) is 1.00. The van der Waals surface area contributed by atoms with Crippen LogP contribution in [0, 0.1) is 20.8 Å². The number of hydrogen-bond acceptors (Lipinski definition) is 4. The highest BCUT2D eigenvalue weighted by molar-refractivity contribution is 5.86. The van der Waals surface area contributed by atoms with Gasteiger partial charge in [0.25, 0.3) is 5.56 Å². The van der Waals surface area contributed by atoms with Gasteiger partial charge in [-0.05, 0) is 26.8 Å². The van der Waals surface area contributed by atoms with Gasteiger partial charge in [-0.15, -0.1) is 0 Å². The van der Waals surface area contributed by atoms with Gasteiger partial charge in [-0.1, -0.05) is 0 Å². The van der Waals surface area contributed by atoms with E-state index < -0.39 is 5.97 Å². The molecule has 6 heteroatoms. The van der Waals surface area contributed by atoms with E-state index in [1.54, 1.807) is 26.8 Å². The summed E-state index contributed by atoms with van der Waals surface area (Å²) in [5.74, 6) is -0.225. The van der Waals surface area contributed by atoms with E-state index in [0.29, 0.717) is 22.8 Å². The second kappa shape index (κ2) is 4.72. The fraction of sp³-hybridized carbons (Fsp3) is 0.308. The monoisotopic (exact) mass is 262 g/mol. The number of hydrogen-bond donors (Lipinski definition) is 1. The fourth-order valence-corrected chi connectivity index (χ4v) is 1.95. The average molecular weight is 262 g/mol. The van der Waals surface area contributed by atoms with Crippen LogP contribution in [0.5, 0.6) is 0 Å². The average Bonchev–Trinajstić information content (AvgIpc) is 2.65. The van der Waals surface area contributed by atoms with E-state index in [0.717, 1.165) is 0 Å². The molecule has 0 unspecified atom stereocenters. The molecule has 0 aliphatic carbocycles. The van der Waals surface area contributed by atoms with Crippen LogP contribution < -0.4 is 5.56 Å². The molecular weight excluding hydrogens is 248 g/mol. The minimum absolute atomic E-state index is 0.0965. The highest BCUT2D eigenvalue weighted by Crippen LogP contribution is 2.15. The second-order valence-electron chi connectivity index (χ2n) is 4.40. The summed E-state index contributed by atoms with van der Waals surface area (Å²) in [7, 11) is 0. The third kappa shape index (κ3) is 2.57. The lowest BCUT2D eigenvalue weighted by atomic mass is 10.2. The van der Waals surface area contributed by atoms with Crippen molar-refractivity contribution in [1.29, 1.82) is 0 Å². The van der Waals surface area contributed by atoms with Gasteiger partial charge >= 0.3 is 5.97 Å². The van der Waals surface area contributed by atoms with Crippen LogP contribution in [0.3, 0.4) is 0 Å². The van der Waals surface area contributed by atoms with Crippen LogP contribution in [0.25, 0.3) is 0 Å². The van der Waals surface area contributed by atoms with Gasteiger partial charge in [0.05, 0.1) is 6.54 Å². The fourth-order valence-electron chi connectivity index (χ4n) is 1.95. The van der Waals surface area contributed by atoms with E-state index in [1.807, 2.05) is 0 Å². The van der Waals surface area contributed by atoms with Crippen LogP contribution in [-0.4, -0.2) is 20.6 Å². The minimum atomic E-state index is -1.12. The third-order valence-electron chi connectivity index (χ3n) is 2.80. The number of rotatable bonds is 3. The van der Waals surface area contributed by atoms with E-state index >= 15 is 0 Å². The van der Waals surface area contributed by atoms with Gasteiger partial charge in [-0.25, -0.2) is 9.78 Å². The molecule has 2 rings (SSSR count). The summed E-state index contributed by atoms with van der Waals surface area (Å²) in [6.07, 6.45) is 0. The number of furan rings is 1. The zero-order chi connectivity index (χ0) is 14.2. The van der Waals surface area contributed by atoms with Crippen molar-refractivity contribution in [3.8, 4) is 0 Å². The van der Waals surface area contributed by atoms with E-state index in [4.69, 9.17) is 9.52 Å². The van der Waals surface area contributed by atoms with Gasteiger partial charge in [0.15, 0.2) is 0 Å². The molecule has 0 aromatic carbocycles. The quantitative estimate of drug-likeness (QED) is 0.906. The Morgan fingerprint density at radius 2 is 2.05 bits per heavy atom. The number of nitrogens with zero attached hydrogens (tertiary/aromatic N) is 2. The highest BCUT2D eigenvalue weighted by Gasteiger charge is 2.15. The molecule has 0 amide bonds. The van der Waals surface area contributed by atoms with Crippen molar-refractivity contribution >= 4 is 5.97 Å². The van der Waals surface area contributed by atoms with Gasteiger partial charge in [0, 0.05) is 17.3 Å². The Hall–Kier alpha value is -2.37. The van der Waals surface area contributed by atoms with Crippen molar-refractivity contribution in [3.63, 3.8) is 0 Å². The lowest BCUT2D eigenvalue weighted by molar-refractivity contribution is 0.0659. The van der Waals surface area contributed by atoms with Crippen molar-refractivity contribution < 1.29 is 14.3 Å². The van der Waals surface area contributed by atoms with E-state index in [1.165, 1.54) is 10.6 Å². The molecule has 0 saturated heterocycles. The molecule has 2 heterocycles. The smallest absolute Gasteiger partial charge is 0.372 e. The van der Waals surface area contributed by atoms with Crippen LogP contribution in [-0.2, 0) is 6.54 Å². The first-order valence-corrected chi connectivity index (χ1v) is 5.76. The number of carbonyl (C=O) groups is 1. The molecule has 0 atom stereocenters. The molecule has 0 aliphatic rings. The number of carboxylic acid groups (broad SMARTS) is 1. The molecule has 0 radical (unpaired) electrons. The van der Waals surface area contributed by atoms with Gasteiger partial charge in [0.1, 0.15) is 11.6 Å². The number of aromatic carboxylic acids is 1. The van der Waals surface area contributed by atoms with E-state index in [9.17, 15) is 9.59 Å². The normalized spacial score (nSPS) is 10.7. The van der Waals surface area contributed by atoms with E-state index in [2.05, 4.69) is 4.98 Å². The molecule has 0 aliphatic heterocycles. The Labute approximate surface area is 109 Å². The zero-order valence-electron chi connectivity index (χ0n) is 10.9. The predicted octanol–water partition coefficient (Wildman–Crippen LogP) is 1.51. The lowest BCUT2D eigenvalue weighted by Gasteiger charge is -2.07. The first-order chi connectivity index (χ1) is 8.88. The van der Waals surface area contributed by atoms with Crippen LogP contribution in [0.15, 0.2) is 21.3 Å². The summed E-state index contributed by atoms with van der Waals surface area (Å²) in [5, 5.41) is 8.92. The molecule has 0 saturated carbocycles. The standard InChI is InChI=1S/C13H14N2O4/c1-7-4-10(19-12(7)13(17)18)6-15-9(3)14-8(2)5-11(15)16/h4-5H,6H2,1-3H3,(H,17,18). The van der Waals surface area contributed by atoms with Crippen molar-refractivity contribution in [2.75, 3.05) is 0 Å². The molecular formula is C13H14N2O4. The van der Waals surface area contributed by atoms with Gasteiger partial charge in [-0.3, -0.25) is 9.36 Å². The summed E-state index contributed by atoms with van der Waals surface area (Å²) in [4.78, 5) is 26.9. The van der Waals surface area contributed by atoms with Gasteiger partial charge in [0.2, 0.25) is 5.76 Å². The summed E-state index contributed by atoms with van der Waals surface area (Å²) < 4.78 is 6.67. The first-order valence-electron chi connectivity index (χ1n) is 5.76. The molecule has 2 aromatic rings. The molecule has 0 fully saturated rings. The third-order valence-corrected chi connectivity index (χ3v) is 2.80. The Balaban J connectivity index is 2.40. The molecule has 0 bridgehead atoms. The highest BCUT2D eigenvalue weighted by atomic mass is 16.4. The predicted molar refractivity (Wildman–Crippen MR) is 67.5 cm³/mol. The van der Waals surface area contributed by atoms with Crippen molar-refractivity contribution in [3.05, 3.63) is 51.1 Å². The maximum atomic E-state index is 11.9. The minimum Gasteiger partial charge on any atom is -0.475 e. The largest absolute Gasteiger partial charge is 0.475 e. The van der Waals surface area contributed by atoms with Gasteiger partial charge < -0.3 is 9.52 Å². The molecule has 1 N–H and O–H groups in total. The van der Waals surface area contributed by atoms with Crippen LogP contribution in [0.2, 0.25) is 0 Å².